The van der Waals surface area contributed by atoms with Gasteiger partial charge in [0.05, 0.1) is 0 Å². The quantitative estimate of drug-likeness (QED) is 0.475. The fourth-order valence-electron chi connectivity index (χ4n) is 2.93. The molecule has 2 aromatic carbocycles. The molecule has 0 heterocycles. The lowest BCUT2D eigenvalue weighted by Gasteiger charge is -2.12. The first-order chi connectivity index (χ1) is 12.7. The molecule has 2 aromatic rings. The minimum absolute atomic E-state index is 0.260. The molecule has 0 N–H and O–H groups in total. The van der Waals surface area contributed by atoms with Gasteiger partial charge in [0.1, 0.15) is 13.2 Å². The van der Waals surface area contributed by atoms with E-state index in [0.717, 1.165) is 49.7 Å². The standard InChI is InChI=1S/C23H30O3/c1-3-5-11-19-13-7-9-15-21(19)17-25-23(24)26-18-22-16-10-8-14-20(22)12-6-4-2/h7-10,13-16H,3-6,11-12,17-18H2,1-2H3. The molecule has 3 nitrogen and oxygen atoms in total. The Balaban J connectivity index is 1.85. The van der Waals surface area contributed by atoms with Crippen molar-refractivity contribution in [1.82, 2.24) is 0 Å². The van der Waals surface area contributed by atoms with Crippen LogP contribution >= 0.6 is 0 Å². The fraction of sp³-hybridized carbons (Fsp3) is 0.435. The molecule has 0 saturated heterocycles. The van der Waals surface area contributed by atoms with Crippen molar-refractivity contribution in [3.63, 3.8) is 0 Å². The molecule has 0 atom stereocenters. The average Bonchev–Trinajstić information content (AvgIpc) is 2.68. The molecule has 0 spiro atoms. The van der Waals surface area contributed by atoms with Gasteiger partial charge in [0, 0.05) is 0 Å². The van der Waals surface area contributed by atoms with E-state index in [1.807, 2.05) is 36.4 Å². The molecule has 26 heavy (non-hydrogen) atoms. The predicted octanol–water partition coefficient (Wildman–Crippen LogP) is 6.23. The topological polar surface area (TPSA) is 35.5 Å². The van der Waals surface area contributed by atoms with Gasteiger partial charge in [-0.2, -0.15) is 0 Å². The van der Waals surface area contributed by atoms with Gasteiger partial charge in [-0.15, -0.1) is 0 Å². The molecule has 0 aliphatic heterocycles. The van der Waals surface area contributed by atoms with Gasteiger partial charge >= 0.3 is 6.16 Å². The van der Waals surface area contributed by atoms with E-state index in [1.54, 1.807) is 0 Å². The Morgan fingerprint density at radius 2 is 1.08 bits per heavy atom. The summed E-state index contributed by atoms with van der Waals surface area (Å²) < 4.78 is 10.7. The Morgan fingerprint density at radius 1 is 0.692 bits per heavy atom. The predicted molar refractivity (Wildman–Crippen MR) is 105 cm³/mol. The minimum Gasteiger partial charge on any atom is -0.429 e. The molecular formula is C23H30O3. The largest absolute Gasteiger partial charge is 0.508 e. The van der Waals surface area contributed by atoms with Gasteiger partial charge in [0.15, 0.2) is 0 Å². The zero-order valence-corrected chi connectivity index (χ0v) is 16.0. The van der Waals surface area contributed by atoms with Crippen molar-refractivity contribution in [3.8, 4) is 0 Å². The Bertz CT molecular complexity index is 621. The zero-order chi connectivity index (χ0) is 18.6. The average molecular weight is 354 g/mol. The maximum atomic E-state index is 12.0. The monoisotopic (exact) mass is 354 g/mol. The molecule has 0 aromatic heterocycles. The Morgan fingerprint density at radius 3 is 1.46 bits per heavy atom. The molecule has 0 fully saturated rings. The molecule has 0 amide bonds. The molecule has 0 aliphatic rings. The molecule has 0 saturated carbocycles. The third-order valence-electron chi connectivity index (χ3n) is 4.53. The van der Waals surface area contributed by atoms with Crippen LogP contribution < -0.4 is 0 Å². The van der Waals surface area contributed by atoms with Crippen molar-refractivity contribution >= 4 is 6.16 Å². The van der Waals surface area contributed by atoms with Crippen molar-refractivity contribution in [1.29, 1.82) is 0 Å². The van der Waals surface area contributed by atoms with Crippen molar-refractivity contribution in [2.75, 3.05) is 0 Å². The summed E-state index contributed by atoms with van der Waals surface area (Å²) in [6.07, 6.45) is 5.97. The Hall–Kier alpha value is -2.29. The van der Waals surface area contributed by atoms with Gasteiger partial charge in [-0.3, -0.25) is 0 Å². The van der Waals surface area contributed by atoms with Crippen LogP contribution in [0.15, 0.2) is 48.5 Å². The second-order valence-corrected chi connectivity index (χ2v) is 6.57. The number of benzene rings is 2. The number of ether oxygens (including phenoxy) is 2. The van der Waals surface area contributed by atoms with Crippen LogP contribution in [-0.2, 0) is 35.5 Å². The lowest BCUT2D eigenvalue weighted by Crippen LogP contribution is -2.09. The van der Waals surface area contributed by atoms with E-state index in [0.29, 0.717) is 0 Å². The molecule has 140 valence electrons. The van der Waals surface area contributed by atoms with Crippen LogP contribution in [0.4, 0.5) is 4.79 Å². The summed E-state index contributed by atoms with van der Waals surface area (Å²) in [5, 5.41) is 0. The van der Waals surface area contributed by atoms with Gasteiger partial charge in [-0.05, 0) is 47.9 Å². The van der Waals surface area contributed by atoms with Gasteiger partial charge in [0.2, 0.25) is 0 Å². The van der Waals surface area contributed by atoms with Gasteiger partial charge in [0.25, 0.3) is 0 Å². The maximum absolute atomic E-state index is 12.0. The van der Waals surface area contributed by atoms with E-state index in [4.69, 9.17) is 9.47 Å². The summed E-state index contributed by atoms with van der Waals surface area (Å²) in [7, 11) is 0. The van der Waals surface area contributed by atoms with E-state index in [1.165, 1.54) is 11.1 Å². The fourth-order valence-corrected chi connectivity index (χ4v) is 2.93. The van der Waals surface area contributed by atoms with Crippen LogP contribution in [0.2, 0.25) is 0 Å². The highest BCUT2D eigenvalue weighted by Gasteiger charge is 2.09. The second kappa shape index (κ2) is 11.3. The van der Waals surface area contributed by atoms with E-state index >= 15 is 0 Å². The lowest BCUT2D eigenvalue weighted by molar-refractivity contribution is 0.0443. The van der Waals surface area contributed by atoms with Crippen LogP contribution in [-0.4, -0.2) is 6.16 Å². The van der Waals surface area contributed by atoms with Crippen molar-refractivity contribution in [2.45, 2.75) is 65.6 Å². The first kappa shape index (κ1) is 20.0. The molecule has 0 aliphatic carbocycles. The molecule has 3 heteroatoms. The molecule has 0 bridgehead atoms. The Kier molecular flexibility index (Phi) is 8.74. The number of rotatable bonds is 10. The molecule has 2 rings (SSSR count). The van der Waals surface area contributed by atoms with E-state index in [-0.39, 0.29) is 13.2 Å². The summed E-state index contributed by atoms with van der Waals surface area (Å²) in [5.74, 6) is 0. The number of hydrogen-bond donors (Lipinski definition) is 0. The zero-order valence-electron chi connectivity index (χ0n) is 16.0. The van der Waals surface area contributed by atoms with Gasteiger partial charge < -0.3 is 9.47 Å². The summed E-state index contributed by atoms with van der Waals surface area (Å²) in [4.78, 5) is 12.0. The third kappa shape index (κ3) is 6.55. The Labute approximate surface area is 157 Å². The highest BCUT2D eigenvalue weighted by atomic mass is 16.7. The van der Waals surface area contributed by atoms with Crippen LogP contribution in [0.25, 0.3) is 0 Å². The van der Waals surface area contributed by atoms with E-state index in [9.17, 15) is 4.79 Å². The second-order valence-electron chi connectivity index (χ2n) is 6.57. The van der Waals surface area contributed by atoms with Crippen molar-refractivity contribution in [2.24, 2.45) is 0 Å². The number of carbonyl (C=O) groups excluding carboxylic acids is 1. The summed E-state index contributed by atoms with van der Waals surface area (Å²) in [5.41, 5.74) is 4.60. The lowest BCUT2D eigenvalue weighted by atomic mass is 10.0. The number of aryl methyl sites for hydroxylation is 2. The van der Waals surface area contributed by atoms with Crippen LogP contribution in [0.1, 0.15) is 61.8 Å². The van der Waals surface area contributed by atoms with Crippen LogP contribution in [0, 0.1) is 0 Å². The first-order valence-electron chi connectivity index (χ1n) is 9.67. The smallest absolute Gasteiger partial charge is 0.429 e. The number of unbranched alkanes of at least 4 members (excludes halogenated alkanes) is 2. The highest BCUT2D eigenvalue weighted by Crippen LogP contribution is 2.16. The summed E-state index contributed by atoms with van der Waals surface area (Å²) in [6.45, 7) is 4.87. The van der Waals surface area contributed by atoms with E-state index < -0.39 is 6.16 Å². The highest BCUT2D eigenvalue weighted by molar-refractivity contribution is 5.60. The maximum Gasteiger partial charge on any atom is 0.508 e. The SMILES string of the molecule is CCCCc1ccccc1COC(=O)OCc1ccccc1CCCC. The molecular weight excluding hydrogens is 324 g/mol. The van der Waals surface area contributed by atoms with E-state index in [2.05, 4.69) is 26.0 Å². The van der Waals surface area contributed by atoms with Crippen molar-refractivity contribution in [3.05, 3.63) is 70.8 Å². The first-order valence-corrected chi connectivity index (χ1v) is 9.67. The minimum atomic E-state index is -0.611. The summed E-state index contributed by atoms with van der Waals surface area (Å²) in [6, 6.07) is 16.2. The van der Waals surface area contributed by atoms with Crippen molar-refractivity contribution < 1.29 is 14.3 Å². The molecule has 0 radical (unpaired) electrons. The van der Waals surface area contributed by atoms with Crippen LogP contribution in [0.3, 0.4) is 0 Å². The van der Waals surface area contributed by atoms with Crippen LogP contribution in [0.5, 0.6) is 0 Å². The normalized spacial score (nSPS) is 10.5. The number of carbonyl (C=O) groups is 1. The third-order valence-corrected chi connectivity index (χ3v) is 4.53. The van der Waals surface area contributed by atoms with Gasteiger partial charge in [-0.25, -0.2) is 4.79 Å². The molecule has 0 unspecified atom stereocenters. The summed E-state index contributed by atoms with van der Waals surface area (Å²) >= 11 is 0. The van der Waals surface area contributed by atoms with Gasteiger partial charge in [-0.1, -0.05) is 75.2 Å². The number of hydrogen-bond acceptors (Lipinski definition) is 3.